The minimum Gasteiger partial charge on any atom is -0.368 e. The number of halogens is 1. The molecule has 0 saturated carbocycles. The Morgan fingerprint density at radius 3 is 2.32 bits per heavy atom. The number of rotatable bonds is 2. The van der Waals surface area contributed by atoms with Crippen LogP contribution in [0.3, 0.4) is 0 Å². The number of carbonyl (C=O) groups excluding carboxylic acids is 1. The van der Waals surface area contributed by atoms with Crippen molar-refractivity contribution in [2.45, 2.75) is 6.92 Å². The molecule has 114 valence electrons. The molecule has 0 aromatic heterocycles. The summed E-state index contributed by atoms with van der Waals surface area (Å²) in [5, 5.41) is 0. The maximum Gasteiger partial charge on any atom is 0.254 e. The first-order valence-electron chi connectivity index (χ1n) is 7.50. The first-order valence-corrected chi connectivity index (χ1v) is 8.30. The summed E-state index contributed by atoms with van der Waals surface area (Å²) in [6, 6.07) is 16.2. The molecule has 3 nitrogen and oxygen atoms in total. The molecular formula is C18H19BrN2O. The standard InChI is InChI=1S/C18H19BrN2O/c1-14-7-8-15(13-17(14)19)18(22)21-11-9-20(10-12-21)16-5-3-2-4-6-16/h2-8,13H,9-12H2,1H3. The quantitative estimate of drug-likeness (QED) is 0.816. The van der Waals surface area contributed by atoms with Crippen LogP contribution < -0.4 is 4.90 Å². The van der Waals surface area contributed by atoms with Crippen LogP contribution >= 0.6 is 15.9 Å². The van der Waals surface area contributed by atoms with Crippen molar-refractivity contribution in [1.82, 2.24) is 4.90 Å². The summed E-state index contributed by atoms with van der Waals surface area (Å²) in [7, 11) is 0. The minimum atomic E-state index is 0.119. The van der Waals surface area contributed by atoms with Crippen LogP contribution in [0.4, 0.5) is 5.69 Å². The Balaban J connectivity index is 1.66. The number of benzene rings is 2. The summed E-state index contributed by atoms with van der Waals surface area (Å²) < 4.78 is 0.987. The number of para-hydroxylation sites is 1. The van der Waals surface area contributed by atoms with Gasteiger partial charge in [0, 0.05) is 41.9 Å². The monoisotopic (exact) mass is 358 g/mol. The van der Waals surface area contributed by atoms with Gasteiger partial charge in [0.15, 0.2) is 0 Å². The van der Waals surface area contributed by atoms with Gasteiger partial charge in [-0.15, -0.1) is 0 Å². The van der Waals surface area contributed by atoms with Crippen LogP contribution in [-0.2, 0) is 0 Å². The molecule has 1 amide bonds. The van der Waals surface area contributed by atoms with Crippen molar-refractivity contribution < 1.29 is 4.79 Å². The van der Waals surface area contributed by atoms with Crippen LogP contribution in [0, 0.1) is 6.92 Å². The zero-order valence-corrected chi connectivity index (χ0v) is 14.2. The second-order valence-electron chi connectivity index (χ2n) is 5.58. The topological polar surface area (TPSA) is 23.6 Å². The molecule has 4 heteroatoms. The zero-order chi connectivity index (χ0) is 15.5. The second kappa shape index (κ2) is 6.53. The van der Waals surface area contributed by atoms with Gasteiger partial charge >= 0.3 is 0 Å². The summed E-state index contributed by atoms with van der Waals surface area (Å²) in [5.74, 6) is 0.119. The van der Waals surface area contributed by atoms with Crippen molar-refractivity contribution in [2.75, 3.05) is 31.1 Å². The molecule has 1 aliphatic heterocycles. The van der Waals surface area contributed by atoms with Gasteiger partial charge in [-0.1, -0.05) is 40.2 Å². The van der Waals surface area contributed by atoms with Crippen LogP contribution in [0.15, 0.2) is 53.0 Å². The van der Waals surface area contributed by atoms with Gasteiger partial charge in [-0.3, -0.25) is 4.79 Å². The second-order valence-corrected chi connectivity index (χ2v) is 6.43. The van der Waals surface area contributed by atoms with Crippen molar-refractivity contribution >= 4 is 27.5 Å². The lowest BCUT2D eigenvalue weighted by molar-refractivity contribution is 0.0746. The average molecular weight is 359 g/mol. The maximum absolute atomic E-state index is 12.6. The fourth-order valence-corrected chi connectivity index (χ4v) is 3.09. The van der Waals surface area contributed by atoms with E-state index in [1.165, 1.54) is 5.69 Å². The molecule has 22 heavy (non-hydrogen) atoms. The minimum absolute atomic E-state index is 0.119. The van der Waals surface area contributed by atoms with Crippen molar-refractivity contribution in [2.24, 2.45) is 0 Å². The van der Waals surface area contributed by atoms with E-state index in [4.69, 9.17) is 0 Å². The fourth-order valence-electron chi connectivity index (χ4n) is 2.72. The van der Waals surface area contributed by atoms with Gasteiger partial charge in [-0.2, -0.15) is 0 Å². The highest BCUT2D eigenvalue weighted by molar-refractivity contribution is 9.10. The van der Waals surface area contributed by atoms with Gasteiger partial charge < -0.3 is 9.80 Å². The summed E-state index contributed by atoms with van der Waals surface area (Å²) >= 11 is 3.50. The third-order valence-corrected chi connectivity index (χ3v) is 4.96. The lowest BCUT2D eigenvalue weighted by Crippen LogP contribution is -2.48. The Bertz CT molecular complexity index is 664. The van der Waals surface area contributed by atoms with E-state index in [2.05, 4.69) is 45.1 Å². The summed E-state index contributed by atoms with van der Waals surface area (Å²) in [5.41, 5.74) is 3.13. The van der Waals surface area contributed by atoms with E-state index >= 15 is 0 Å². The number of hydrogen-bond donors (Lipinski definition) is 0. The summed E-state index contributed by atoms with van der Waals surface area (Å²) in [4.78, 5) is 16.9. The number of carbonyl (C=O) groups is 1. The van der Waals surface area contributed by atoms with Crippen LogP contribution in [0.1, 0.15) is 15.9 Å². The highest BCUT2D eigenvalue weighted by Crippen LogP contribution is 2.20. The van der Waals surface area contributed by atoms with E-state index in [0.29, 0.717) is 0 Å². The molecule has 0 unspecified atom stereocenters. The Kier molecular flexibility index (Phi) is 4.48. The van der Waals surface area contributed by atoms with Gasteiger partial charge in [-0.05, 0) is 36.8 Å². The lowest BCUT2D eigenvalue weighted by atomic mass is 10.1. The third-order valence-electron chi connectivity index (χ3n) is 4.11. The number of anilines is 1. The molecule has 2 aromatic rings. The molecular weight excluding hydrogens is 340 g/mol. The molecule has 2 aromatic carbocycles. The maximum atomic E-state index is 12.6. The SMILES string of the molecule is Cc1ccc(C(=O)N2CCN(c3ccccc3)CC2)cc1Br. The molecule has 0 spiro atoms. The molecule has 3 rings (SSSR count). The van der Waals surface area contributed by atoms with E-state index in [9.17, 15) is 4.79 Å². The van der Waals surface area contributed by atoms with Crippen molar-refractivity contribution in [1.29, 1.82) is 0 Å². The van der Waals surface area contributed by atoms with Gasteiger partial charge in [0.1, 0.15) is 0 Å². The predicted octanol–water partition coefficient (Wildman–Crippen LogP) is 3.72. The van der Waals surface area contributed by atoms with E-state index in [1.807, 2.05) is 36.1 Å². The highest BCUT2D eigenvalue weighted by atomic mass is 79.9. The zero-order valence-electron chi connectivity index (χ0n) is 12.6. The van der Waals surface area contributed by atoms with Gasteiger partial charge in [0.25, 0.3) is 5.91 Å². The van der Waals surface area contributed by atoms with Crippen molar-refractivity contribution in [3.63, 3.8) is 0 Å². The summed E-state index contributed by atoms with van der Waals surface area (Å²) in [6.45, 7) is 5.31. The molecule has 1 saturated heterocycles. The average Bonchev–Trinajstić information content (AvgIpc) is 2.58. The first-order chi connectivity index (χ1) is 10.6. The van der Waals surface area contributed by atoms with E-state index in [0.717, 1.165) is 41.8 Å². The van der Waals surface area contributed by atoms with E-state index in [1.54, 1.807) is 0 Å². The number of piperazine rings is 1. The van der Waals surface area contributed by atoms with Gasteiger partial charge in [0.05, 0.1) is 0 Å². The van der Waals surface area contributed by atoms with Gasteiger partial charge in [-0.25, -0.2) is 0 Å². The van der Waals surface area contributed by atoms with Crippen molar-refractivity contribution in [3.8, 4) is 0 Å². The lowest BCUT2D eigenvalue weighted by Gasteiger charge is -2.36. The largest absolute Gasteiger partial charge is 0.368 e. The fraction of sp³-hybridized carbons (Fsp3) is 0.278. The summed E-state index contributed by atoms with van der Waals surface area (Å²) in [6.07, 6.45) is 0. The Hall–Kier alpha value is -1.81. The third kappa shape index (κ3) is 3.17. The van der Waals surface area contributed by atoms with Crippen LogP contribution in [0.5, 0.6) is 0 Å². The Morgan fingerprint density at radius 1 is 1.00 bits per heavy atom. The molecule has 0 bridgehead atoms. The Morgan fingerprint density at radius 2 is 1.68 bits per heavy atom. The molecule has 0 atom stereocenters. The number of amides is 1. The molecule has 1 heterocycles. The first kappa shape index (κ1) is 15.1. The molecule has 0 radical (unpaired) electrons. The van der Waals surface area contributed by atoms with Crippen LogP contribution in [0.25, 0.3) is 0 Å². The predicted molar refractivity (Wildman–Crippen MR) is 93.4 cm³/mol. The number of nitrogens with zero attached hydrogens (tertiary/aromatic N) is 2. The molecule has 0 N–H and O–H groups in total. The molecule has 0 aliphatic carbocycles. The smallest absolute Gasteiger partial charge is 0.254 e. The van der Waals surface area contributed by atoms with Gasteiger partial charge in [0.2, 0.25) is 0 Å². The highest BCUT2D eigenvalue weighted by Gasteiger charge is 2.22. The normalized spacial score (nSPS) is 15.0. The van der Waals surface area contributed by atoms with Crippen molar-refractivity contribution in [3.05, 3.63) is 64.1 Å². The Labute approximate surface area is 139 Å². The van der Waals surface area contributed by atoms with E-state index in [-0.39, 0.29) is 5.91 Å². The number of hydrogen-bond acceptors (Lipinski definition) is 2. The molecule has 1 aliphatic rings. The molecule has 1 fully saturated rings. The number of aryl methyl sites for hydroxylation is 1. The van der Waals surface area contributed by atoms with Crippen LogP contribution in [-0.4, -0.2) is 37.0 Å². The van der Waals surface area contributed by atoms with E-state index < -0.39 is 0 Å². The van der Waals surface area contributed by atoms with Crippen LogP contribution in [0.2, 0.25) is 0 Å².